The van der Waals surface area contributed by atoms with Crippen molar-refractivity contribution in [1.29, 1.82) is 0 Å². The van der Waals surface area contributed by atoms with E-state index in [0.29, 0.717) is 12.2 Å². The van der Waals surface area contributed by atoms with Crippen LogP contribution in [0.15, 0.2) is 72.9 Å². The van der Waals surface area contributed by atoms with Crippen molar-refractivity contribution >= 4 is 12.0 Å². The van der Waals surface area contributed by atoms with E-state index >= 15 is 0 Å². The quantitative estimate of drug-likeness (QED) is 0.0762. The number of aromatic nitrogens is 1. The van der Waals surface area contributed by atoms with Crippen molar-refractivity contribution in [2.45, 2.75) is 123 Å². The first-order valence-corrected chi connectivity index (χ1v) is 17.4. The number of rotatable bonds is 19. The van der Waals surface area contributed by atoms with Crippen molar-refractivity contribution in [2.24, 2.45) is 7.05 Å². The molecule has 2 amide bonds. The molecule has 2 aromatic carbocycles. The van der Waals surface area contributed by atoms with E-state index in [1.807, 2.05) is 54.2 Å². The minimum Gasteiger partial charge on any atom is -1.00 e. The van der Waals surface area contributed by atoms with Crippen molar-refractivity contribution in [2.75, 3.05) is 6.61 Å². The van der Waals surface area contributed by atoms with Crippen molar-refractivity contribution in [3.8, 4) is 5.75 Å². The van der Waals surface area contributed by atoms with Gasteiger partial charge in [-0.05, 0) is 47.2 Å². The van der Waals surface area contributed by atoms with Crippen LogP contribution in [0.2, 0.25) is 0 Å². The van der Waals surface area contributed by atoms with E-state index in [-0.39, 0.29) is 42.5 Å². The Bertz CT molecular complexity index is 1340. The molecule has 0 unspecified atom stereocenters. The van der Waals surface area contributed by atoms with Crippen molar-refractivity contribution in [1.82, 2.24) is 4.90 Å². The summed E-state index contributed by atoms with van der Waals surface area (Å²) in [6.07, 6.45) is 17.0. The van der Waals surface area contributed by atoms with Crippen molar-refractivity contribution < 1.29 is 47.6 Å². The fraction of sp³-hybridized carbons (Fsp3) is 0.525. The van der Waals surface area contributed by atoms with E-state index in [9.17, 15) is 9.59 Å². The van der Waals surface area contributed by atoms with Crippen LogP contribution in [0.4, 0.5) is 4.79 Å². The van der Waals surface area contributed by atoms with E-state index in [1.165, 1.54) is 75.5 Å². The predicted molar refractivity (Wildman–Crippen MR) is 186 cm³/mol. The van der Waals surface area contributed by atoms with Gasteiger partial charge in [0, 0.05) is 17.7 Å². The summed E-state index contributed by atoms with van der Waals surface area (Å²) in [4.78, 5) is 28.0. The number of carbonyl (C=O) groups is 2. The minimum atomic E-state index is -0.678. The van der Waals surface area contributed by atoms with Gasteiger partial charge < -0.3 is 33.5 Å². The average molecular weight is 757 g/mol. The normalized spacial score (nSPS) is 11.1. The molecule has 0 saturated heterocycles. The molecule has 7 heteroatoms. The van der Waals surface area contributed by atoms with Gasteiger partial charge in [-0.3, -0.25) is 4.79 Å². The fourth-order valence-electron chi connectivity index (χ4n) is 5.57. The Morgan fingerprint density at radius 1 is 0.766 bits per heavy atom. The van der Waals surface area contributed by atoms with Gasteiger partial charge in [0.25, 0.3) is 5.91 Å². The maximum absolute atomic E-state index is 13.4. The molecule has 0 aliphatic carbocycles. The highest BCUT2D eigenvalue weighted by atomic mass is 127. The van der Waals surface area contributed by atoms with Crippen LogP contribution in [0.5, 0.6) is 5.75 Å². The molecule has 258 valence electrons. The molecule has 3 aromatic rings. The van der Waals surface area contributed by atoms with E-state index in [0.717, 1.165) is 29.0 Å². The summed E-state index contributed by atoms with van der Waals surface area (Å²) in [7, 11) is 1.89. The minimum absolute atomic E-state index is 0. The van der Waals surface area contributed by atoms with Crippen LogP contribution in [0.3, 0.4) is 0 Å². The zero-order chi connectivity index (χ0) is 33.2. The van der Waals surface area contributed by atoms with Gasteiger partial charge in [0.05, 0.1) is 6.61 Å². The molecule has 0 atom stereocenters. The Balaban J connectivity index is 0.00000768. The zero-order valence-electron chi connectivity index (χ0n) is 29.4. The van der Waals surface area contributed by atoms with Gasteiger partial charge in [0.15, 0.2) is 6.20 Å². The Morgan fingerprint density at radius 3 is 1.96 bits per heavy atom. The number of pyridine rings is 1. The molecule has 0 radical (unpaired) electrons. The molecule has 6 nitrogen and oxygen atoms in total. The van der Waals surface area contributed by atoms with Gasteiger partial charge in [0.2, 0.25) is 5.69 Å². The standard InChI is InChI=1S/C40H57N2O4.HI/c1-6-7-8-9-10-11-12-13-14-15-16-22-29-45-37-27-26-33(30-36(37)40(2,3)4)32-46-39(44)42(31-35-25-20-21-28-41(35)5)38(43)34-23-18-17-19-24-34;/h17-21,23-28,30H,6-16,22,29,31-32H2,1-5H3;1H/q+1;/p-1. The number of halogens is 1. The summed E-state index contributed by atoms with van der Waals surface area (Å²) >= 11 is 0. The number of benzene rings is 2. The lowest BCUT2D eigenvalue weighted by molar-refractivity contribution is -0.679. The predicted octanol–water partition coefficient (Wildman–Crippen LogP) is 6.87. The van der Waals surface area contributed by atoms with Crippen LogP contribution in [-0.2, 0) is 30.4 Å². The Labute approximate surface area is 301 Å². The summed E-state index contributed by atoms with van der Waals surface area (Å²) in [6.45, 7) is 9.61. The molecule has 0 N–H and O–H groups in total. The smallest absolute Gasteiger partial charge is 0.417 e. The van der Waals surface area contributed by atoms with Gasteiger partial charge in [-0.25, -0.2) is 14.3 Å². The van der Waals surface area contributed by atoms with Crippen molar-refractivity contribution in [3.63, 3.8) is 0 Å². The van der Waals surface area contributed by atoms with Crippen LogP contribution >= 0.6 is 0 Å². The highest BCUT2D eigenvalue weighted by Gasteiger charge is 2.28. The lowest BCUT2D eigenvalue weighted by Gasteiger charge is -2.24. The summed E-state index contributed by atoms with van der Waals surface area (Å²) in [5, 5.41) is 0. The number of imide groups is 1. The molecule has 0 aliphatic rings. The fourth-order valence-corrected chi connectivity index (χ4v) is 5.57. The van der Waals surface area contributed by atoms with Gasteiger partial charge in [-0.1, -0.05) is 129 Å². The van der Waals surface area contributed by atoms with Crippen LogP contribution in [0.1, 0.15) is 132 Å². The number of carbonyl (C=O) groups excluding carboxylic acids is 2. The maximum Gasteiger partial charge on any atom is 0.417 e. The molecule has 0 spiro atoms. The second kappa shape index (κ2) is 21.8. The second-order valence-electron chi connectivity index (χ2n) is 13.4. The number of hydrogen-bond acceptors (Lipinski definition) is 4. The summed E-state index contributed by atoms with van der Waals surface area (Å²) in [6, 6.07) is 20.5. The summed E-state index contributed by atoms with van der Waals surface area (Å²) in [5.74, 6) is 0.481. The van der Waals surface area contributed by atoms with Gasteiger partial charge >= 0.3 is 6.09 Å². The lowest BCUT2D eigenvalue weighted by Crippen LogP contribution is -3.00. The van der Waals surface area contributed by atoms with E-state index in [1.54, 1.807) is 24.3 Å². The molecule has 1 aromatic heterocycles. The zero-order valence-corrected chi connectivity index (χ0v) is 31.6. The lowest BCUT2D eigenvalue weighted by atomic mass is 9.85. The summed E-state index contributed by atoms with van der Waals surface area (Å²) in [5.41, 5.74) is 3.03. The monoisotopic (exact) mass is 756 g/mol. The third-order valence-electron chi connectivity index (χ3n) is 8.44. The van der Waals surface area contributed by atoms with E-state index < -0.39 is 12.0 Å². The molecule has 0 saturated carbocycles. The molecule has 0 bridgehead atoms. The van der Waals surface area contributed by atoms with E-state index in [2.05, 4.69) is 33.8 Å². The number of amides is 2. The number of unbranched alkanes of at least 4 members (excludes halogenated alkanes) is 11. The Kier molecular flexibility index (Phi) is 18.7. The van der Waals surface area contributed by atoms with Gasteiger partial charge in [0.1, 0.15) is 25.9 Å². The Morgan fingerprint density at radius 2 is 1.36 bits per heavy atom. The van der Waals surface area contributed by atoms with Gasteiger partial charge in [-0.2, -0.15) is 0 Å². The Hall–Kier alpha value is -2.94. The number of hydrogen-bond donors (Lipinski definition) is 0. The highest BCUT2D eigenvalue weighted by molar-refractivity contribution is 6.02. The summed E-state index contributed by atoms with van der Waals surface area (Å²) < 4.78 is 13.9. The molecular weight excluding hydrogens is 699 g/mol. The highest BCUT2D eigenvalue weighted by Crippen LogP contribution is 2.33. The van der Waals surface area contributed by atoms with Crippen LogP contribution in [0.25, 0.3) is 0 Å². The molecule has 1 heterocycles. The number of aryl methyl sites for hydroxylation is 1. The first-order valence-electron chi connectivity index (χ1n) is 17.4. The average Bonchev–Trinajstić information content (AvgIpc) is 3.05. The SMILES string of the molecule is CCCCCCCCCCCCCCOc1ccc(COC(=O)N(Cc2cccc[n+]2C)C(=O)c2ccccc2)cc1C(C)(C)C.[I-]. The maximum atomic E-state index is 13.4. The molecule has 0 aliphatic heterocycles. The third kappa shape index (κ3) is 14.4. The van der Waals surface area contributed by atoms with Crippen LogP contribution < -0.4 is 33.3 Å². The van der Waals surface area contributed by atoms with E-state index in [4.69, 9.17) is 9.47 Å². The number of nitrogens with zero attached hydrogens (tertiary/aromatic N) is 2. The first kappa shape index (κ1) is 40.2. The second-order valence-corrected chi connectivity index (χ2v) is 13.4. The first-order chi connectivity index (χ1) is 22.2. The van der Waals surface area contributed by atoms with Crippen LogP contribution in [-0.4, -0.2) is 23.5 Å². The molecule has 3 rings (SSSR count). The third-order valence-corrected chi connectivity index (χ3v) is 8.44. The van der Waals surface area contributed by atoms with Crippen molar-refractivity contribution in [3.05, 3.63) is 95.3 Å². The topological polar surface area (TPSA) is 59.7 Å². The van der Waals surface area contributed by atoms with Gasteiger partial charge in [-0.15, -0.1) is 0 Å². The largest absolute Gasteiger partial charge is 1.00 e. The molecule has 47 heavy (non-hydrogen) atoms. The number of ether oxygens (including phenoxy) is 2. The van der Waals surface area contributed by atoms with Crippen LogP contribution in [0, 0.1) is 0 Å². The molecule has 0 fully saturated rings. The molecular formula is C40H57IN2O4.